The van der Waals surface area contributed by atoms with Crippen molar-refractivity contribution in [3.63, 3.8) is 0 Å². The van der Waals surface area contributed by atoms with Crippen molar-refractivity contribution in [2.24, 2.45) is 17.6 Å². The van der Waals surface area contributed by atoms with Gasteiger partial charge in [0.05, 0.1) is 5.02 Å². The van der Waals surface area contributed by atoms with Gasteiger partial charge in [-0.15, -0.1) is 0 Å². The van der Waals surface area contributed by atoms with Crippen LogP contribution in [-0.4, -0.2) is 53.1 Å². The second-order valence-electron chi connectivity index (χ2n) is 8.24. The molecule has 156 valence electrons. The number of nitrogens with two attached hydrogens (primary N) is 1. The summed E-state index contributed by atoms with van der Waals surface area (Å²) < 4.78 is 0. The number of fused-ring (bicyclic) bond motifs is 1. The second kappa shape index (κ2) is 8.71. The Kier molecular flexibility index (Phi) is 6.06. The lowest BCUT2D eigenvalue weighted by Gasteiger charge is -2.37. The molecule has 0 bridgehead atoms. The van der Waals surface area contributed by atoms with E-state index in [9.17, 15) is 9.59 Å². The van der Waals surface area contributed by atoms with E-state index in [0.717, 1.165) is 56.4 Å². The summed E-state index contributed by atoms with van der Waals surface area (Å²) >= 11 is 6.30. The number of nitrogens with zero attached hydrogens (tertiary/aromatic N) is 2. The number of H-pyrrole nitrogens is 1. The van der Waals surface area contributed by atoms with Crippen LogP contribution in [-0.2, 0) is 11.2 Å². The number of aromatic amines is 1. The SMILES string of the molecule is NC(=O)c1[nH]nc2c(Cl)cc(CCC(=O)N3CCC(C4CCNCC4)CC3)cc12. The van der Waals surface area contributed by atoms with E-state index >= 15 is 0 Å². The molecule has 2 aliphatic rings. The van der Waals surface area contributed by atoms with E-state index in [4.69, 9.17) is 17.3 Å². The molecule has 0 radical (unpaired) electrons. The molecule has 29 heavy (non-hydrogen) atoms. The van der Waals surface area contributed by atoms with Crippen LogP contribution < -0.4 is 11.1 Å². The van der Waals surface area contributed by atoms with E-state index in [1.165, 1.54) is 12.8 Å². The lowest BCUT2D eigenvalue weighted by molar-refractivity contribution is -0.132. The highest BCUT2D eigenvalue weighted by Crippen LogP contribution is 2.31. The van der Waals surface area contributed by atoms with Gasteiger partial charge in [0, 0.05) is 24.9 Å². The quantitative estimate of drug-likeness (QED) is 0.695. The molecule has 1 aromatic heterocycles. The molecular formula is C21H28ClN5O2. The summed E-state index contributed by atoms with van der Waals surface area (Å²) in [5.41, 5.74) is 7.07. The van der Waals surface area contributed by atoms with Crippen molar-refractivity contribution in [2.75, 3.05) is 26.2 Å². The molecule has 2 amide bonds. The first kappa shape index (κ1) is 20.2. The monoisotopic (exact) mass is 417 g/mol. The molecule has 2 fully saturated rings. The Bertz CT molecular complexity index is 898. The minimum atomic E-state index is -0.576. The number of primary amides is 1. The van der Waals surface area contributed by atoms with E-state index in [2.05, 4.69) is 15.5 Å². The Balaban J connectivity index is 1.34. The first-order valence-electron chi connectivity index (χ1n) is 10.5. The normalized spacial score (nSPS) is 19.0. The second-order valence-corrected chi connectivity index (χ2v) is 8.65. The zero-order chi connectivity index (χ0) is 20.4. The number of rotatable bonds is 5. The fourth-order valence-electron chi connectivity index (χ4n) is 4.81. The zero-order valence-electron chi connectivity index (χ0n) is 16.5. The number of aromatic nitrogens is 2. The van der Waals surface area contributed by atoms with Crippen molar-refractivity contribution in [3.8, 4) is 0 Å². The molecule has 2 aliphatic heterocycles. The third-order valence-electron chi connectivity index (χ3n) is 6.49. The van der Waals surface area contributed by atoms with Crippen molar-refractivity contribution in [2.45, 2.75) is 38.5 Å². The van der Waals surface area contributed by atoms with Gasteiger partial charge in [0.2, 0.25) is 5.91 Å². The number of benzene rings is 1. The minimum absolute atomic E-state index is 0.187. The molecule has 3 heterocycles. The number of nitrogens with one attached hydrogen (secondary N) is 2. The smallest absolute Gasteiger partial charge is 0.267 e. The Labute approximate surface area is 175 Å². The first-order chi connectivity index (χ1) is 14.0. The number of carbonyl (C=O) groups excluding carboxylic acids is 2. The Morgan fingerprint density at radius 3 is 2.52 bits per heavy atom. The van der Waals surface area contributed by atoms with Crippen molar-refractivity contribution in [1.29, 1.82) is 0 Å². The third kappa shape index (κ3) is 4.41. The van der Waals surface area contributed by atoms with Crippen LogP contribution in [0.15, 0.2) is 12.1 Å². The molecule has 0 atom stereocenters. The molecule has 1 aromatic carbocycles. The number of piperidine rings is 2. The molecule has 4 rings (SSSR count). The van der Waals surface area contributed by atoms with Crippen molar-refractivity contribution >= 4 is 34.3 Å². The predicted molar refractivity (Wildman–Crippen MR) is 113 cm³/mol. The number of hydrogen-bond donors (Lipinski definition) is 3. The van der Waals surface area contributed by atoms with E-state index in [1.807, 2.05) is 17.0 Å². The molecular weight excluding hydrogens is 390 g/mol. The Hall–Kier alpha value is -2.12. The van der Waals surface area contributed by atoms with Gasteiger partial charge in [0.1, 0.15) is 11.2 Å². The molecule has 0 saturated carbocycles. The van der Waals surface area contributed by atoms with Gasteiger partial charge in [-0.3, -0.25) is 14.7 Å². The average molecular weight is 418 g/mol. The fourth-order valence-corrected chi connectivity index (χ4v) is 5.09. The van der Waals surface area contributed by atoms with Crippen molar-refractivity contribution < 1.29 is 9.59 Å². The van der Waals surface area contributed by atoms with Gasteiger partial charge in [-0.1, -0.05) is 11.6 Å². The average Bonchev–Trinajstić information content (AvgIpc) is 3.18. The van der Waals surface area contributed by atoms with Gasteiger partial charge < -0.3 is 16.0 Å². The maximum Gasteiger partial charge on any atom is 0.267 e. The molecule has 0 spiro atoms. The van der Waals surface area contributed by atoms with Crippen LogP contribution >= 0.6 is 11.6 Å². The summed E-state index contributed by atoms with van der Waals surface area (Å²) in [6.45, 7) is 3.98. The highest BCUT2D eigenvalue weighted by atomic mass is 35.5. The van der Waals surface area contributed by atoms with Crippen LogP contribution in [0.25, 0.3) is 10.9 Å². The lowest BCUT2D eigenvalue weighted by atomic mass is 9.79. The number of amides is 2. The van der Waals surface area contributed by atoms with Crippen LogP contribution in [0, 0.1) is 11.8 Å². The minimum Gasteiger partial charge on any atom is -0.364 e. The third-order valence-corrected chi connectivity index (χ3v) is 6.78. The highest BCUT2D eigenvalue weighted by Gasteiger charge is 2.29. The zero-order valence-corrected chi connectivity index (χ0v) is 17.3. The van der Waals surface area contributed by atoms with Crippen LogP contribution in [0.3, 0.4) is 0 Å². The van der Waals surface area contributed by atoms with Gasteiger partial charge in [-0.05, 0) is 74.7 Å². The largest absolute Gasteiger partial charge is 0.364 e. The summed E-state index contributed by atoms with van der Waals surface area (Å²) in [5, 5.41) is 11.2. The Morgan fingerprint density at radius 2 is 1.83 bits per heavy atom. The number of halogens is 1. The van der Waals surface area contributed by atoms with Crippen molar-refractivity contribution in [3.05, 3.63) is 28.4 Å². The highest BCUT2D eigenvalue weighted by molar-refractivity contribution is 6.35. The van der Waals surface area contributed by atoms with Gasteiger partial charge in [-0.2, -0.15) is 5.10 Å². The number of carbonyl (C=O) groups is 2. The van der Waals surface area contributed by atoms with E-state index in [-0.39, 0.29) is 11.6 Å². The van der Waals surface area contributed by atoms with E-state index < -0.39 is 5.91 Å². The van der Waals surface area contributed by atoms with Gasteiger partial charge >= 0.3 is 0 Å². The summed E-state index contributed by atoms with van der Waals surface area (Å²) in [6.07, 6.45) is 5.78. The molecule has 7 nitrogen and oxygen atoms in total. The van der Waals surface area contributed by atoms with Crippen LogP contribution in [0.5, 0.6) is 0 Å². The number of likely N-dealkylation sites (tertiary alicyclic amines) is 1. The first-order valence-corrected chi connectivity index (χ1v) is 10.9. The molecule has 2 aromatic rings. The van der Waals surface area contributed by atoms with Crippen LogP contribution in [0.1, 0.15) is 48.2 Å². The predicted octanol–water partition coefficient (Wildman–Crippen LogP) is 2.49. The van der Waals surface area contributed by atoms with E-state index in [1.54, 1.807) is 0 Å². The van der Waals surface area contributed by atoms with Gasteiger partial charge in [-0.25, -0.2) is 0 Å². The fraction of sp³-hybridized carbons (Fsp3) is 0.571. The number of hydrogen-bond acceptors (Lipinski definition) is 4. The van der Waals surface area contributed by atoms with Crippen molar-refractivity contribution in [1.82, 2.24) is 20.4 Å². The summed E-state index contributed by atoms with van der Waals surface area (Å²) in [7, 11) is 0. The Morgan fingerprint density at radius 1 is 1.14 bits per heavy atom. The van der Waals surface area contributed by atoms with Crippen LogP contribution in [0.4, 0.5) is 0 Å². The topological polar surface area (TPSA) is 104 Å². The number of aryl methyl sites for hydroxylation is 1. The van der Waals surface area contributed by atoms with E-state index in [0.29, 0.717) is 28.8 Å². The maximum absolute atomic E-state index is 12.7. The molecule has 2 saturated heterocycles. The van der Waals surface area contributed by atoms with Gasteiger partial charge in [0.25, 0.3) is 5.91 Å². The molecule has 4 N–H and O–H groups in total. The summed E-state index contributed by atoms with van der Waals surface area (Å²) in [5.74, 6) is 1.19. The van der Waals surface area contributed by atoms with Crippen LogP contribution in [0.2, 0.25) is 5.02 Å². The van der Waals surface area contributed by atoms with Gasteiger partial charge in [0.15, 0.2) is 0 Å². The molecule has 0 aliphatic carbocycles. The summed E-state index contributed by atoms with van der Waals surface area (Å²) in [6, 6.07) is 3.66. The maximum atomic E-state index is 12.7. The lowest BCUT2D eigenvalue weighted by Crippen LogP contribution is -2.42. The summed E-state index contributed by atoms with van der Waals surface area (Å²) in [4.78, 5) is 26.3. The standard InChI is InChI=1S/C21H28ClN5O2/c22-17-12-13(11-16-19(17)25-26-20(16)21(23)29)1-2-18(28)27-9-5-15(6-10-27)14-3-7-24-8-4-14/h11-12,14-15,24H,1-10H2,(H2,23,29)(H,25,26). The molecule has 0 unspecified atom stereocenters. The molecule has 8 heteroatoms.